The predicted molar refractivity (Wildman–Crippen MR) is 75.1 cm³/mol. The lowest BCUT2D eigenvalue weighted by Crippen LogP contribution is -2.29. The van der Waals surface area contributed by atoms with Gasteiger partial charge in [0, 0.05) is 37.4 Å². The van der Waals surface area contributed by atoms with Gasteiger partial charge in [-0.3, -0.25) is 0 Å². The second-order valence-corrected chi connectivity index (χ2v) is 7.90. The molecular formula is C10H13BrOS3. The predicted octanol–water partition coefficient (Wildman–Crippen LogP) is 3.78. The van der Waals surface area contributed by atoms with Gasteiger partial charge in [-0.1, -0.05) is 6.92 Å². The van der Waals surface area contributed by atoms with Gasteiger partial charge >= 0.3 is 0 Å². The molecule has 2 rings (SSSR count). The Morgan fingerprint density at radius 2 is 2.13 bits per heavy atom. The molecule has 1 nitrogen and oxygen atoms in total. The Hall–Kier alpha value is 0.840. The quantitative estimate of drug-likeness (QED) is 0.894. The zero-order chi connectivity index (χ0) is 10.8. The van der Waals surface area contributed by atoms with E-state index in [9.17, 15) is 5.11 Å². The molecule has 0 aromatic carbocycles. The maximum absolute atomic E-state index is 10.3. The molecule has 0 bridgehead atoms. The molecule has 1 aromatic heterocycles. The summed E-state index contributed by atoms with van der Waals surface area (Å²) in [6, 6.07) is 0. The Balaban J connectivity index is 2.13. The van der Waals surface area contributed by atoms with Gasteiger partial charge in [-0.15, -0.1) is 0 Å². The molecule has 0 saturated carbocycles. The number of halogens is 1. The summed E-state index contributed by atoms with van der Waals surface area (Å²) < 4.78 is 1.04. The SMILES string of the molecule is CC1SCCSC1C(O)c1cscc1Br. The van der Waals surface area contributed by atoms with Crippen molar-refractivity contribution in [2.45, 2.75) is 23.5 Å². The first kappa shape index (κ1) is 12.3. The molecule has 1 fully saturated rings. The fourth-order valence-electron chi connectivity index (χ4n) is 1.68. The van der Waals surface area contributed by atoms with Crippen molar-refractivity contribution in [3.05, 3.63) is 20.8 Å². The highest BCUT2D eigenvalue weighted by Gasteiger charge is 2.31. The lowest BCUT2D eigenvalue weighted by molar-refractivity contribution is 0.174. The molecule has 0 aliphatic carbocycles. The van der Waals surface area contributed by atoms with Crippen molar-refractivity contribution in [3.63, 3.8) is 0 Å². The van der Waals surface area contributed by atoms with Gasteiger partial charge in [-0.05, 0) is 21.3 Å². The average Bonchev–Trinajstić information content (AvgIpc) is 2.64. The van der Waals surface area contributed by atoms with E-state index < -0.39 is 0 Å². The van der Waals surface area contributed by atoms with Crippen molar-refractivity contribution in [1.82, 2.24) is 0 Å². The van der Waals surface area contributed by atoms with Crippen LogP contribution in [-0.2, 0) is 0 Å². The van der Waals surface area contributed by atoms with Gasteiger partial charge < -0.3 is 5.11 Å². The minimum atomic E-state index is -0.335. The molecule has 1 saturated heterocycles. The standard InChI is InChI=1S/C10H13BrOS3/c1-6-10(15-3-2-14-6)9(12)7-4-13-5-8(7)11/h4-6,9-10,12H,2-3H2,1H3. The largest absolute Gasteiger partial charge is 0.387 e. The van der Waals surface area contributed by atoms with Crippen LogP contribution in [0.15, 0.2) is 15.2 Å². The first-order valence-corrected chi connectivity index (χ1v) is 8.66. The topological polar surface area (TPSA) is 20.2 Å². The summed E-state index contributed by atoms with van der Waals surface area (Å²) in [6.07, 6.45) is -0.335. The molecule has 3 atom stereocenters. The molecule has 5 heteroatoms. The van der Waals surface area contributed by atoms with E-state index in [0.717, 1.165) is 15.8 Å². The smallest absolute Gasteiger partial charge is 0.0938 e. The van der Waals surface area contributed by atoms with E-state index in [1.165, 1.54) is 5.75 Å². The van der Waals surface area contributed by atoms with Crippen LogP contribution in [-0.4, -0.2) is 27.1 Å². The van der Waals surface area contributed by atoms with Crippen molar-refractivity contribution in [2.75, 3.05) is 11.5 Å². The Bertz CT molecular complexity index is 328. The maximum Gasteiger partial charge on any atom is 0.0938 e. The van der Waals surface area contributed by atoms with Gasteiger partial charge in [0.25, 0.3) is 0 Å². The summed E-state index contributed by atoms with van der Waals surface area (Å²) in [5, 5.41) is 15.3. The first-order chi connectivity index (χ1) is 7.20. The third-order valence-corrected chi connectivity index (χ3v) is 7.44. The summed E-state index contributed by atoms with van der Waals surface area (Å²) >= 11 is 8.99. The van der Waals surface area contributed by atoms with E-state index >= 15 is 0 Å². The van der Waals surface area contributed by atoms with Crippen molar-refractivity contribution >= 4 is 50.8 Å². The van der Waals surface area contributed by atoms with Crippen LogP contribution in [0, 0.1) is 0 Å². The normalized spacial score (nSPS) is 29.0. The average molecular weight is 325 g/mol. The molecule has 1 aromatic rings. The molecule has 2 heterocycles. The molecule has 0 radical (unpaired) electrons. The Morgan fingerprint density at radius 1 is 1.40 bits per heavy atom. The Morgan fingerprint density at radius 3 is 2.73 bits per heavy atom. The number of aliphatic hydroxyl groups is 1. The van der Waals surface area contributed by atoms with Gasteiger partial charge in [0.1, 0.15) is 0 Å². The highest BCUT2D eigenvalue weighted by atomic mass is 79.9. The fraction of sp³-hybridized carbons (Fsp3) is 0.600. The molecule has 15 heavy (non-hydrogen) atoms. The van der Waals surface area contributed by atoms with Crippen molar-refractivity contribution < 1.29 is 5.11 Å². The second kappa shape index (κ2) is 5.45. The van der Waals surface area contributed by atoms with Gasteiger partial charge in [-0.25, -0.2) is 0 Å². The summed E-state index contributed by atoms with van der Waals surface area (Å²) in [4.78, 5) is 0. The highest BCUT2D eigenvalue weighted by molar-refractivity contribution is 9.10. The minimum Gasteiger partial charge on any atom is -0.387 e. The van der Waals surface area contributed by atoms with Crippen LogP contribution in [0.4, 0.5) is 0 Å². The lowest BCUT2D eigenvalue weighted by Gasteiger charge is -2.31. The van der Waals surface area contributed by atoms with Crippen LogP contribution in [0.3, 0.4) is 0 Å². The fourth-order valence-corrected chi connectivity index (χ4v) is 6.06. The van der Waals surface area contributed by atoms with Crippen LogP contribution in [0.5, 0.6) is 0 Å². The second-order valence-electron chi connectivity index (χ2n) is 3.53. The molecule has 1 aliphatic heterocycles. The third kappa shape index (κ3) is 2.75. The van der Waals surface area contributed by atoms with E-state index in [0.29, 0.717) is 10.5 Å². The molecule has 84 valence electrons. The van der Waals surface area contributed by atoms with Crippen LogP contribution >= 0.6 is 50.8 Å². The molecule has 0 amide bonds. The monoisotopic (exact) mass is 324 g/mol. The first-order valence-electron chi connectivity index (χ1n) is 4.83. The number of hydrogen-bond donors (Lipinski definition) is 1. The summed E-state index contributed by atoms with van der Waals surface area (Å²) in [5.41, 5.74) is 1.05. The lowest BCUT2D eigenvalue weighted by atomic mass is 10.1. The molecule has 0 spiro atoms. The van der Waals surface area contributed by atoms with Crippen molar-refractivity contribution in [2.24, 2.45) is 0 Å². The number of thiophene rings is 1. The molecule has 1 N–H and O–H groups in total. The molecular weight excluding hydrogens is 312 g/mol. The van der Waals surface area contributed by atoms with Crippen LogP contribution in [0.25, 0.3) is 0 Å². The van der Waals surface area contributed by atoms with E-state index in [-0.39, 0.29) is 6.10 Å². The number of rotatable bonds is 2. The zero-order valence-electron chi connectivity index (χ0n) is 8.35. The highest BCUT2D eigenvalue weighted by Crippen LogP contribution is 2.41. The zero-order valence-corrected chi connectivity index (χ0v) is 12.4. The van der Waals surface area contributed by atoms with E-state index in [1.807, 2.05) is 34.3 Å². The van der Waals surface area contributed by atoms with Crippen molar-refractivity contribution in [3.8, 4) is 0 Å². The number of thioether (sulfide) groups is 2. The Labute approximate surface area is 111 Å². The van der Waals surface area contributed by atoms with E-state index in [2.05, 4.69) is 22.9 Å². The van der Waals surface area contributed by atoms with Gasteiger partial charge in [0.2, 0.25) is 0 Å². The van der Waals surface area contributed by atoms with Crippen molar-refractivity contribution in [1.29, 1.82) is 0 Å². The summed E-state index contributed by atoms with van der Waals surface area (Å²) in [6.45, 7) is 2.21. The van der Waals surface area contributed by atoms with E-state index in [1.54, 1.807) is 11.3 Å². The number of aliphatic hydroxyl groups excluding tert-OH is 1. The molecule has 1 aliphatic rings. The summed E-state index contributed by atoms with van der Waals surface area (Å²) in [5.74, 6) is 2.36. The minimum absolute atomic E-state index is 0.328. The van der Waals surface area contributed by atoms with Crippen LogP contribution in [0.2, 0.25) is 0 Å². The van der Waals surface area contributed by atoms with Crippen LogP contribution in [0.1, 0.15) is 18.6 Å². The van der Waals surface area contributed by atoms with Gasteiger partial charge in [-0.2, -0.15) is 34.9 Å². The maximum atomic E-state index is 10.3. The van der Waals surface area contributed by atoms with Gasteiger partial charge in [0.05, 0.1) is 6.10 Å². The number of hydrogen-bond acceptors (Lipinski definition) is 4. The summed E-state index contributed by atoms with van der Waals surface area (Å²) in [7, 11) is 0. The van der Waals surface area contributed by atoms with Crippen LogP contribution < -0.4 is 0 Å². The van der Waals surface area contributed by atoms with Gasteiger partial charge in [0.15, 0.2) is 0 Å². The van der Waals surface area contributed by atoms with E-state index in [4.69, 9.17) is 0 Å². The third-order valence-electron chi connectivity index (χ3n) is 2.51. The Kier molecular flexibility index (Phi) is 4.47. The molecule has 3 unspecified atom stereocenters.